The smallest absolute Gasteiger partial charge is 0.251 e. The molecule has 0 radical (unpaired) electrons. The fraction of sp³-hybridized carbons (Fsp3) is 0.286. The largest absolute Gasteiger partial charge is 0.314 e. The Bertz CT molecular complexity index is 628. The summed E-state index contributed by atoms with van der Waals surface area (Å²) in [6.07, 6.45) is 3.41. The molecular formula is C14H19BrCl2N4O. The van der Waals surface area contributed by atoms with Crippen molar-refractivity contribution >= 4 is 52.3 Å². The van der Waals surface area contributed by atoms with Gasteiger partial charge in [0.1, 0.15) is 5.54 Å². The third-order valence-corrected chi connectivity index (χ3v) is 3.80. The van der Waals surface area contributed by atoms with E-state index in [-0.39, 0.29) is 30.7 Å². The van der Waals surface area contributed by atoms with Gasteiger partial charge in [-0.15, -0.1) is 24.8 Å². The number of nitrogens with zero attached hydrogens (tertiary/aromatic N) is 3. The summed E-state index contributed by atoms with van der Waals surface area (Å²) in [4.78, 5) is 14.1. The molecule has 2 N–H and O–H groups in total. The van der Waals surface area contributed by atoms with Crippen LogP contribution in [0.4, 0.5) is 5.69 Å². The van der Waals surface area contributed by atoms with Crippen LogP contribution in [-0.4, -0.2) is 22.7 Å². The number of rotatable bonds is 3. The van der Waals surface area contributed by atoms with Gasteiger partial charge in [0.05, 0.1) is 11.9 Å². The van der Waals surface area contributed by atoms with Crippen LogP contribution in [0.3, 0.4) is 0 Å². The average Bonchev–Trinajstić information content (AvgIpc) is 2.84. The van der Waals surface area contributed by atoms with E-state index in [1.54, 1.807) is 38.1 Å². The topological polar surface area (TPSA) is 64.2 Å². The minimum Gasteiger partial charge on any atom is -0.314 e. The normalized spacial score (nSPS) is 12.6. The van der Waals surface area contributed by atoms with Gasteiger partial charge in [0.15, 0.2) is 0 Å². The maximum Gasteiger partial charge on any atom is 0.251 e. The number of amides is 1. The summed E-state index contributed by atoms with van der Waals surface area (Å²) >= 11 is 3.37. The molecule has 2 aromatic rings. The Morgan fingerprint density at radius 1 is 1.32 bits per heavy atom. The van der Waals surface area contributed by atoms with Gasteiger partial charge in [0.2, 0.25) is 0 Å². The molecule has 122 valence electrons. The van der Waals surface area contributed by atoms with E-state index in [1.165, 1.54) is 4.90 Å². The predicted molar refractivity (Wildman–Crippen MR) is 96.8 cm³/mol. The summed E-state index contributed by atoms with van der Waals surface area (Å²) in [7, 11) is 3.50. The molecule has 0 bridgehead atoms. The Morgan fingerprint density at radius 3 is 2.32 bits per heavy atom. The summed E-state index contributed by atoms with van der Waals surface area (Å²) in [5.41, 5.74) is 6.63. The number of nitrogens with two attached hydrogens (primary N) is 1. The molecule has 5 nitrogen and oxygen atoms in total. The van der Waals surface area contributed by atoms with Gasteiger partial charge < -0.3 is 10.6 Å². The Hall–Kier alpha value is -1.08. The zero-order valence-corrected chi connectivity index (χ0v) is 15.7. The van der Waals surface area contributed by atoms with Crippen LogP contribution in [0.1, 0.15) is 12.5 Å². The van der Waals surface area contributed by atoms with Crippen molar-refractivity contribution in [2.75, 3.05) is 11.9 Å². The van der Waals surface area contributed by atoms with E-state index in [0.717, 1.165) is 10.0 Å². The van der Waals surface area contributed by atoms with Gasteiger partial charge in [-0.2, -0.15) is 5.10 Å². The highest BCUT2D eigenvalue weighted by molar-refractivity contribution is 9.10. The highest BCUT2D eigenvalue weighted by atomic mass is 79.9. The molecule has 0 saturated carbocycles. The molecule has 0 aliphatic heterocycles. The van der Waals surface area contributed by atoms with Crippen LogP contribution in [0.5, 0.6) is 0 Å². The van der Waals surface area contributed by atoms with Crippen LogP contribution in [0.2, 0.25) is 0 Å². The lowest BCUT2D eigenvalue weighted by molar-refractivity contribution is -0.123. The van der Waals surface area contributed by atoms with E-state index in [4.69, 9.17) is 5.73 Å². The molecule has 0 fully saturated rings. The number of aryl methyl sites for hydroxylation is 1. The Labute approximate surface area is 150 Å². The second-order valence-corrected chi connectivity index (χ2v) is 5.86. The monoisotopic (exact) mass is 408 g/mol. The predicted octanol–water partition coefficient (Wildman–Crippen LogP) is 2.86. The molecule has 1 aromatic heterocycles. The van der Waals surface area contributed by atoms with Crippen LogP contribution in [0.25, 0.3) is 0 Å². The SMILES string of the molecule is CN(C(=O)C(C)(N)c1ccc(Br)cc1)c1cnn(C)c1.Cl.Cl. The third kappa shape index (κ3) is 4.23. The minimum atomic E-state index is -1.09. The number of carbonyl (C=O) groups is 1. The van der Waals surface area contributed by atoms with Crippen molar-refractivity contribution in [3.63, 3.8) is 0 Å². The summed E-state index contributed by atoms with van der Waals surface area (Å²) < 4.78 is 2.59. The lowest BCUT2D eigenvalue weighted by Gasteiger charge is -2.29. The highest BCUT2D eigenvalue weighted by Gasteiger charge is 2.34. The summed E-state index contributed by atoms with van der Waals surface area (Å²) in [5, 5.41) is 4.06. The molecule has 1 aromatic carbocycles. The van der Waals surface area contributed by atoms with Gasteiger partial charge >= 0.3 is 0 Å². The van der Waals surface area contributed by atoms with E-state index >= 15 is 0 Å². The van der Waals surface area contributed by atoms with Crippen LogP contribution in [0, 0.1) is 0 Å². The van der Waals surface area contributed by atoms with Crippen molar-refractivity contribution in [3.8, 4) is 0 Å². The van der Waals surface area contributed by atoms with Crippen LogP contribution < -0.4 is 10.6 Å². The molecule has 8 heteroatoms. The molecule has 1 unspecified atom stereocenters. The van der Waals surface area contributed by atoms with E-state index in [9.17, 15) is 4.79 Å². The lowest BCUT2D eigenvalue weighted by Crippen LogP contribution is -2.49. The number of anilines is 1. The average molecular weight is 410 g/mol. The molecule has 0 aliphatic carbocycles. The third-order valence-electron chi connectivity index (χ3n) is 3.27. The maximum atomic E-state index is 12.6. The fourth-order valence-corrected chi connectivity index (χ4v) is 2.23. The summed E-state index contributed by atoms with van der Waals surface area (Å²) in [5.74, 6) is -0.187. The minimum absolute atomic E-state index is 0. The molecule has 0 spiro atoms. The first kappa shape index (κ1) is 20.9. The number of hydrogen-bond donors (Lipinski definition) is 1. The van der Waals surface area contributed by atoms with Gasteiger partial charge in [0.25, 0.3) is 5.91 Å². The lowest BCUT2D eigenvalue weighted by atomic mass is 9.91. The molecule has 0 aliphatic rings. The van der Waals surface area contributed by atoms with Crippen molar-refractivity contribution in [1.82, 2.24) is 9.78 Å². The van der Waals surface area contributed by atoms with Gasteiger partial charge in [-0.1, -0.05) is 28.1 Å². The quantitative estimate of drug-likeness (QED) is 0.847. The summed E-state index contributed by atoms with van der Waals surface area (Å²) in [6.45, 7) is 1.71. The van der Waals surface area contributed by atoms with Gasteiger partial charge in [-0.25, -0.2) is 0 Å². The Morgan fingerprint density at radius 2 is 1.86 bits per heavy atom. The van der Waals surface area contributed by atoms with Crippen molar-refractivity contribution in [3.05, 3.63) is 46.7 Å². The fourth-order valence-electron chi connectivity index (χ4n) is 1.97. The number of carbonyl (C=O) groups excluding carboxylic acids is 1. The molecule has 2 rings (SSSR count). The zero-order valence-electron chi connectivity index (χ0n) is 12.5. The van der Waals surface area contributed by atoms with E-state index in [1.807, 2.05) is 24.3 Å². The molecular weight excluding hydrogens is 391 g/mol. The van der Waals surface area contributed by atoms with E-state index in [2.05, 4.69) is 21.0 Å². The second kappa shape index (κ2) is 7.97. The molecule has 1 atom stereocenters. The maximum absolute atomic E-state index is 12.6. The van der Waals surface area contributed by atoms with Crippen LogP contribution in [-0.2, 0) is 17.4 Å². The van der Waals surface area contributed by atoms with Crippen LogP contribution >= 0.6 is 40.7 Å². The second-order valence-electron chi connectivity index (χ2n) is 4.95. The summed E-state index contributed by atoms with van der Waals surface area (Å²) in [6, 6.07) is 7.44. The van der Waals surface area contributed by atoms with Crippen molar-refractivity contribution in [2.45, 2.75) is 12.5 Å². The van der Waals surface area contributed by atoms with Crippen LogP contribution in [0.15, 0.2) is 41.1 Å². The molecule has 0 saturated heterocycles. The zero-order chi connectivity index (χ0) is 14.9. The van der Waals surface area contributed by atoms with Crippen molar-refractivity contribution in [1.29, 1.82) is 0 Å². The number of benzene rings is 1. The van der Waals surface area contributed by atoms with Gasteiger partial charge in [-0.05, 0) is 24.6 Å². The number of aromatic nitrogens is 2. The molecule has 1 amide bonds. The van der Waals surface area contributed by atoms with Gasteiger partial charge in [0, 0.05) is 24.8 Å². The van der Waals surface area contributed by atoms with Crippen molar-refractivity contribution in [2.24, 2.45) is 12.8 Å². The Kier molecular flexibility index (Phi) is 7.57. The molecule has 1 heterocycles. The Balaban J connectivity index is 0.00000220. The number of hydrogen-bond acceptors (Lipinski definition) is 3. The van der Waals surface area contributed by atoms with Gasteiger partial charge in [-0.3, -0.25) is 9.48 Å². The number of halogens is 3. The first-order chi connectivity index (χ1) is 9.32. The first-order valence-corrected chi connectivity index (χ1v) is 6.93. The van der Waals surface area contributed by atoms with Crippen molar-refractivity contribution < 1.29 is 4.79 Å². The van der Waals surface area contributed by atoms with E-state index in [0.29, 0.717) is 5.69 Å². The standard InChI is InChI=1S/C14H17BrN4O.2ClH/c1-14(16,10-4-6-11(15)7-5-10)13(20)19(3)12-8-17-18(2)9-12;;/h4-9H,16H2,1-3H3;2*1H. The van der Waals surface area contributed by atoms with E-state index < -0.39 is 5.54 Å². The molecule has 22 heavy (non-hydrogen) atoms. The highest BCUT2D eigenvalue weighted by Crippen LogP contribution is 2.24. The number of likely N-dealkylation sites (N-methyl/N-ethyl adjacent to an activating group) is 1. The first-order valence-electron chi connectivity index (χ1n) is 6.14.